The Kier molecular flexibility index (Phi) is 5.97. The van der Waals surface area contributed by atoms with Crippen LogP contribution in [-0.2, 0) is 34.0 Å². The lowest BCUT2D eigenvalue weighted by atomic mass is 10.0. The van der Waals surface area contributed by atoms with E-state index in [4.69, 9.17) is 0 Å². The molecule has 166 valence electrons. The van der Waals surface area contributed by atoms with E-state index < -0.39 is 21.3 Å². The van der Waals surface area contributed by atoms with Gasteiger partial charge in [0.25, 0.3) is 5.56 Å². The van der Waals surface area contributed by atoms with Crippen molar-refractivity contribution in [1.82, 2.24) is 9.78 Å². The van der Waals surface area contributed by atoms with E-state index in [1.165, 1.54) is 29.3 Å². The fraction of sp³-hybridized carbons (Fsp3) is 0.292. The highest BCUT2D eigenvalue weighted by molar-refractivity contribution is 7.91. The quantitative estimate of drug-likeness (QED) is 0.620. The lowest BCUT2D eigenvalue weighted by molar-refractivity contribution is -0.117. The Morgan fingerprint density at radius 2 is 1.75 bits per heavy atom. The van der Waals surface area contributed by atoms with Crippen molar-refractivity contribution in [2.75, 3.05) is 5.32 Å². The molecule has 0 radical (unpaired) electrons. The Labute approximate surface area is 187 Å². The number of carbonyl (C=O) groups excluding carboxylic acids is 1. The van der Waals surface area contributed by atoms with Gasteiger partial charge in [-0.2, -0.15) is 5.10 Å². The van der Waals surface area contributed by atoms with Gasteiger partial charge in [-0.05, 0) is 72.2 Å². The topological polar surface area (TPSA) is 98.1 Å². The van der Waals surface area contributed by atoms with Crippen LogP contribution in [0.3, 0.4) is 0 Å². The summed E-state index contributed by atoms with van der Waals surface area (Å²) in [6.07, 6.45) is 3.13. The molecule has 2 aromatic carbocycles. The van der Waals surface area contributed by atoms with Crippen molar-refractivity contribution >= 4 is 21.4 Å². The molecular formula is C24H25N3O4S. The highest BCUT2D eigenvalue weighted by Crippen LogP contribution is 2.25. The van der Waals surface area contributed by atoms with Crippen molar-refractivity contribution in [3.8, 4) is 0 Å². The number of benzene rings is 2. The molecule has 1 heterocycles. The smallest absolute Gasteiger partial charge is 0.267 e. The fourth-order valence-corrected chi connectivity index (χ4v) is 5.01. The summed E-state index contributed by atoms with van der Waals surface area (Å²) >= 11 is 0. The second-order valence-corrected chi connectivity index (χ2v) is 10.2. The summed E-state index contributed by atoms with van der Waals surface area (Å²) in [5, 5.41) is 6.46. The third-order valence-corrected chi connectivity index (χ3v) is 7.31. The van der Waals surface area contributed by atoms with E-state index in [2.05, 4.69) is 10.4 Å². The van der Waals surface area contributed by atoms with Gasteiger partial charge in [0.1, 0.15) is 6.54 Å². The molecule has 7 nitrogen and oxygen atoms in total. The lowest BCUT2D eigenvalue weighted by Gasteiger charge is -2.10. The molecule has 8 heteroatoms. The molecule has 1 N–H and O–H groups in total. The summed E-state index contributed by atoms with van der Waals surface area (Å²) in [6, 6.07) is 14.6. The summed E-state index contributed by atoms with van der Waals surface area (Å²) in [7, 11) is -3.92. The largest absolute Gasteiger partial charge is 0.324 e. The summed E-state index contributed by atoms with van der Waals surface area (Å²) < 4.78 is 26.8. The number of carbonyl (C=O) groups is 1. The number of hydrogen-bond donors (Lipinski definition) is 1. The molecule has 3 aromatic rings. The highest BCUT2D eigenvalue weighted by atomic mass is 32.2. The summed E-state index contributed by atoms with van der Waals surface area (Å²) in [6.45, 7) is 3.66. The molecule has 0 aliphatic heterocycles. The Bertz CT molecular complexity index is 1330. The van der Waals surface area contributed by atoms with Gasteiger partial charge in [0.15, 0.2) is 5.03 Å². The fourth-order valence-electron chi connectivity index (χ4n) is 3.83. The van der Waals surface area contributed by atoms with Crippen LogP contribution < -0.4 is 10.9 Å². The zero-order valence-electron chi connectivity index (χ0n) is 18.0. The van der Waals surface area contributed by atoms with Crippen LogP contribution in [0.5, 0.6) is 0 Å². The van der Waals surface area contributed by atoms with E-state index in [0.29, 0.717) is 5.69 Å². The minimum atomic E-state index is -3.92. The van der Waals surface area contributed by atoms with Crippen molar-refractivity contribution in [2.45, 2.75) is 55.5 Å². The number of nitrogens with zero attached hydrogens (tertiary/aromatic N) is 2. The first kappa shape index (κ1) is 22.0. The molecule has 0 spiro atoms. The maximum absolute atomic E-state index is 13.0. The van der Waals surface area contributed by atoms with Gasteiger partial charge in [0.2, 0.25) is 15.7 Å². The Hall–Kier alpha value is -3.26. The van der Waals surface area contributed by atoms with E-state index in [9.17, 15) is 18.0 Å². The summed E-state index contributed by atoms with van der Waals surface area (Å²) in [5.74, 6) is -0.177. The monoisotopic (exact) mass is 451 g/mol. The minimum Gasteiger partial charge on any atom is -0.324 e. The zero-order valence-corrected chi connectivity index (χ0v) is 18.9. The molecule has 0 saturated heterocycles. The average Bonchev–Trinajstić information content (AvgIpc) is 3.23. The van der Waals surface area contributed by atoms with Crippen LogP contribution in [-0.4, -0.2) is 24.1 Å². The number of amides is 1. The molecule has 0 bridgehead atoms. The van der Waals surface area contributed by atoms with Crippen molar-refractivity contribution in [3.63, 3.8) is 0 Å². The first-order valence-corrected chi connectivity index (χ1v) is 12.1. The molecule has 0 atom stereocenters. The standard InChI is InChI=1S/C24H25N3O4S/c1-16(2)17-7-10-21(11-8-17)32(30,31)23-12-13-24(29)27(26-23)15-22(28)25-20-9-6-18-4-3-5-19(18)14-20/h6-14,16H,3-5,15H2,1-2H3,(H,25,28). The van der Waals surface area contributed by atoms with Crippen LogP contribution in [0.1, 0.15) is 42.9 Å². The molecule has 0 unspecified atom stereocenters. The first-order chi connectivity index (χ1) is 15.2. The van der Waals surface area contributed by atoms with Gasteiger partial charge < -0.3 is 5.32 Å². The van der Waals surface area contributed by atoms with Crippen molar-refractivity contribution in [1.29, 1.82) is 0 Å². The average molecular weight is 452 g/mol. The van der Waals surface area contributed by atoms with Crippen LogP contribution >= 0.6 is 0 Å². The molecule has 1 aliphatic carbocycles. The van der Waals surface area contributed by atoms with Crippen LogP contribution in [0.15, 0.2) is 69.3 Å². The van der Waals surface area contributed by atoms with Gasteiger partial charge in [-0.1, -0.05) is 32.0 Å². The molecule has 1 amide bonds. The molecule has 0 fully saturated rings. The maximum Gasteiger partial charge on any atom is 0.267 e. The number of anilines is 1. The number of rotatable bonds is 6. The van der Waals surface area contributed by atoms with Crippen LogP contribution in [0.25, 0.3) is 0 Å². The first-order valence-electron chi connectivity index (χ1n) is 10.6. The number of fused-ring (bicyclic) bond motifs is 1. The SMILES string of the molecule is CC(C)c1ccc(S(=O)(=O)c2ccc(=O)n(CC(=O)Nc3ccc4c(c3)CCC4)n2)cc1. The number of sulfone groups is 1. The normalized spacial score (nSPS) is 13.2. The van der Waals surface area contributed by atoms with E-state index in [1.807, 2.05) is 32.0 Å². The van der Waals surface area contributed by atoms with Gasteiger partial charge in [-0.25, -0.2) is 13.1 Å². The van der Waals surface area contributed by atoms with Crippen LogP contribution in [0.2, 0.25) is 0 Å². The molecular weight excluding hydrogens is 426 g/mol. The van der Waals surface area contributed by atoms with Crippen LogP contribution in [0, 0.1) is 0 Å². The Morgan fingerprint density at radius 1 is 1.03 bits per heavy atom. The van der Waals surface area contributed by atoms with E-state index >= 15 is 0 Å². The van der Waals surface area contributed by atoms with Crippen molar-refractivity contribution in [2.24, 2.45) is 0 Å². The Balaban J connectivity index is 1.54. The highest BCUT2D eigenvalue weighted by Gasteiger charge is 2.21. The summed E-state index contributed by atoms with van der Waals surface area (Å²) in [4.78, 5) is 24.8. The molecule has 4 rings (SSSR count). The minimum absolute atomic E-state index is 0.0854. The predicted octanol–water partition coefficient (Wildman–Crippen LogP) is 3.33. The van der Waals surface area contributed by atoms with Crippen LogP contribution in [0.4, 0.5) is 5.69 Å². The van der Waals surface area contributed by atoms with Gasteiger partial charge in [0.05, 0.1) is 4.90 Å². The summed E-state index contributed by atoms with van der Waals surface area (Å²) in [5.41, 5.74) is 3.63. The second-order valence-electron chi connectivity index (χ2n) is 8.28. The van der Waals surface area contributed by atoms with Gasteiger partial charge >= 0.3 is 0 Å². The van der Waals surface area contributed by atoms with Gasteiger partial charge in [-0.15, -0.1) is 0 Å². The lowest BCUT2D eigenvalue weighted by Crippen LogP contribution is -2.30. The second kappa shape index (κ2) is 8.70. The molecule has 0 saturated carbocycles. The van der Waals surface area contributed by atoms with Gasteiger partial charge in [0, 0.05) is 11.8 Å². The van der Waals surface area contributed by atoms with E-state index in [-0.39, 0.29) is 22.4 Å². The number of hydrogen-bond acceptors (Lipinski definition) is 5. The van der Waals surface area contributed by atoms with Crippen molar-refractivity contribution < 1.29 is 13.2 Å². The number of aromatic nitrogens is 2. The molecule has 1 aliphatic rings. The zero-order chi connectivity index (χ0) is 22.9. The molecule has 32 heavy (non-hydrogen) atoms. The molecule has 1 aromatic heterocycles. The number of aryl methyl sites for hydroxylation is 2. The maximum atomic E-state index is 13.0. The van der Waals surface area contributed by atoms with Crippen molar-refractivity contribution in [3.05, 3.63) is 81.6 Å². The Morgan fingerprint density at radius 3 is 2.47 bits per heavy atom. The predicted molar refractivity (Wildman–Crippen MR) is 122 cm³/mol. The van der Waals surface area contributed by atoms with Gasteiger partial charge in [-0.3, -0.25) is 9.59 Å². The number of nitrogens with one attached hydrogen (secondary N) is 1. The van der Waals surface area contributed by atoms with E-state index in [0.717, 1.165) is 35.6 Å². The third-order valence-electron chi connectivity index (χ3n) is 5.65. The van der Waals surface area contributed by atoms with E-state index in [1.54, 1.807) is 12.1 Å². The third kappa shape index (κ3) is 4.50.